The molecule has 0 spiro atoms. The van der Waals surface area contributed by atoms with Gasteiger partial charge in [-0.05, 0) is 79.3 Å². The summed E-state index contributed by atoms with van der Waals surface area (Å²) in [4.78, 5) is 12.6. The van der Waals surface area contributed by atoms with Gasteiger partial charge in [0.15, 0.2) is 0 Å². The van der Waals surface area contributed by atoms with Crippen LogP contribution in [0.4, 0.5) is 27.6 Å². The summed E-state index contributed by atoms with van der Waals surface area (Å²) in [6.45, 7) is -0.954. The van der Waals surface area contributed by atoms with Gasteiger partial charge < -0.3 is 5.32 Å². The molecule has 0 aliphatic heterocycles. The molecule has 1 N–H and O–H groups in total. The Labute approximate surface area is 210 Å². The minimum absolute atomic E-state index is 0.0770. The Balaban J connectivity index is 1.61. The Kier molecular flexibility index (Phi) is 10.7. The molecule has 0 radical (unpaired) electrons. The van der Waals surface area contributed by atoms with Gasteiger partial charge in [0.2, 0.25) is 5.91 Å². The first-order valence-electron chi connectivity index (χ1n) is 13.0. The van der Waals surface area contributed by atoms with Crippen LogP contribution in [0.3, 0.4) is 0 Å². The number of anilines is 1. The van der Waals surface area contributed by atoms with Gasteiger partial charge in [0.1, 0.15) is 12.8 Å². The van der Waals surface area contributed by atoms with Crippen LogP contribution in [0.5, 0.6) is 0 Å². The van der Waals surface area contributed by atoms with Crippen LogP contribution < -0.4 is 5.32 Å². The molecule has 0 unspecified atom stereocenters. The van der Waals surface area contributed by atoms with Crippen LogP contribution in [0.15, 0.2) is 42.5 Å². The third-order valence-corrected chi connectivity index (χ3v) is 7.01. The molecular weight excluding hydrogens is 473 g/mol. The van der Waals surface area contributed by atoms with E-state index >= 15 is 0 Å². The summed E-state index contributed by atoms with van der Waals surface area (Å²) in [6, 6.07) is 11.4. The fraction of sp³-hybridized carbons (Fsp3) is 0.552. The fourth-order valence-corrected chi connectivity index (χ4v) is 4.90. The van der Waals surface area contributed by atoms with Crippen molar-refractivity contribution in [3.63, 3.8) is 0 Å². The monoisotopic (exact) mass is 509 g/mol. The standard InChI is InChI=1S/C29H36F5NO/c30-20-25(31)9-5-2-6-10-28(36)35-27-18-15-22(19-26(27)23-7-3-1-4-8-23)12-11-21-13-16-24(17-14-21)29(32,33)34/h13-19,23,25H,1-12,20H2,(H,35,36)/t25-/m1/s1. The Morgan fingerprint density at radius 3 is 2.25 bits per heavy atom. The molecule has 0 heterocycles. The first-order chi connectivity index (χ1) is 17.3. The number of aryl methyl sites for hydroxylation is 2. The van der Waals surface area contributed by atoms with Crippen LogP contribution in [0.2, 0.25) is 0 Å². The van der Waals surface area contributed by atoms with E-state index in [4.69, 9.17) is 0 Å². The molecule has 36 heavy (non-hydrogen) atoms. The minimum Gasteiger partial charge on any atom is -0.326 e. The number of carbonyl (C=O) groups excluding carboxylic acids is 1. The van der Waals surface area contributed by atoms with Gasteiger partial charge in [-0.2, -0.15) is 13.2 Å². The molecule has 0 saturated heterocycles. The molecule has 1 fully saturated rings. The number of alkyl halides is 5. The van der Waals surface area contributed by atoms with Gasteiger partial charge in [-0.3, -0.25) is 4.79 Å². The van der Waals surface area contributed by atoms with E-state index in [9.17, 15) is 26.7 Å². The predicted molar refractivity (Wildman–Crippen MR) is 134 cm³/mol. The van der Waals surface area contributed by atoms with Gasteiger partial charge in [-0.15, -0.1) is 0 Å². The lowest BCUT2D eigenvalue weighted by Gasteiger charge is -2.25. The average molecular weight is 510 g/mol. The number of hydrogen-bond acceptors (Lipinski definition) is 1. The van der Waals surface area contributed by atoms with Crippen LogP contribution in [-0.4, -0.2) is 18.8 Å². The zero-order chi connectivity index (χ0) is 26.0. The second-order valence-corrected chi connectivity index (χ2v) is 9.85. The van der Waals surface area contributed by atoms with Crippen molar-refractivity contribution < 1.29 is 26.7 Å². The Morgan fingerprint density at radius 2 is 1.58 bits per heavy atom. The second-order valence-electron chi connectivity index (χ2n) is 9.85. The summed E-state index contributed by atoms with van der Waals surface area (Å²) in [5, 5.41) is 3.06. The number of hydrogen-bond donors (Lipinski definition) is 1. The summed E-state index contributed by atoms with van der Waals surface area (Å²) >= 11 is 0. The highest BCUT2D eigenvalue weighted by atomic mass is 19.4. The molecular formula is C29H36F5NO. The van der Waals surface area contributed by atoms with E-state index in [2.05, 4.69) is 11.4 Å². The van der Waals surface area contributed by atoms with E-state index in [-0.39, 0.29) is 12.3 Å². The van der Waals surface area contributed by atoms with Gasteiger partial charge in [0.05, 0.1) is 5.56 Å². The number of benzene rings is 2. The summed E-state index contributed by atoms with van der Waals surface area (Å²) < 4.78 is 63.6. The molecule has 1 amide bonds. The van der Waals surface area contributed by atoms with E-state index in [1.165, 1.54) is 18.6 Å². The molecule has 1 aliphatic carbocycles. The normalized spacial score (nSPS) is 15.6. The number of unbranched alkanes of at least 4 members (excludes halogenated alkanes) is 2. The van der Waals surface area contributed by atoms with Crippen LogP contribution in [-0.2, 0) is 23.8 Å². The van der Waals surface area contributed by atoms with Crippen molar-refractivity contribution in [3.05, 3.63) is 64.7 Å². The smallest absolute Gasteiger partial charge is 0.326 e. The number of rotatable bonds is 12. The topological polar surface area (TPSA) is 29.1 Å². The number of nitrogens with one attached hydrogen (secondary N) is 1. The predicted octanol–water partition coefficient (Wildman–Crippen LogP) is 8.73. The molecule has 7 heteroatoms. The van der Waals surface area contributed by atoms with Crippen molar-refractivity contribution in [2.75, 3.05) is 12.0 Å². The third kappa shape index (κ3) is 8.90. The number of carbonyl (C=O) groups is 1. The lowest BCUT2D eigenvalue weighted by atomic mass is 9.82. The van der Waals surface area contributed by atoms with Crippen molar-refractivity contribution in [1.82, 2.24) is 0 Å². The summed E-state index contributed by atoms with van der Waals surface area (Å²) in [6.07, 6.45) is 3.69. The van der Waals surface area contributed by atoms with Gasteiger partial charge in [-0.1, -0.05) is 56.4 Å². The summed E-state index contributed by atoms with van der Waals surface area (Å²) in [5.41, 5.74) is 3.27. The van der Waals surface area contributed by atoms with Crippen molar-refractivity contribution >= 4 is 11.6 Å². The van der Waals surface area contributed by atoms with Crippen LogP contribution in [0, 0.1) is 0 Å². The van der Waals surface area contributed by atoms with Crippen molar-refractivity contribution in [2.24, 2.45) is 0 Å². The maximum absolute atomic E-state index is 13.0. The van der Waals surface area contributed by atoms with Crippen molar-refractivity contribution in [2.45, 2.75) is 95.3 Å². The third-order valence-electron chi connectivity index (χ3n) is 7.01. The van der Waals surface area contributed by atoms with E-state index in [1.807, 2.05) is 12.1 Å². The van der Waals surface area contributed by atoms with E-state index < -0.39 is 24.6 Å². The zero-order valence-corrected chi connectivity index (χ0v) is 20.7. The van der Waals surface area contributed by atoms with Gasteiger partial charge in [0.25, 0.3) is 0 Å². The quantitative estimate of drug-likeness (QED) is 0.225. The van der Waals surface area contributed by atoms with E-state index in [0.717, 1.165) is 60.2 Å². The van der Waals surface area contributed by atoms with Crippen molar-refractivity contribution in [3.8, 4) is 0 Å². The maximum atomic E-state index is 13.0. The second kappa shape index (κ2) is 13.8. The highest BCUT2D eigenvalue weighted by Crippen LogP contribution is 2.37. The molecule has 1 saturated carbocycles. The Morgan fingerprint density at radius 1 is 0.917 bits per heavy atom. The molecule has 198 valence electrons. The lowest BCUT2D eigenvalue weighted by molar-refractivity contribution is -0.137. The first-order valence-corrected chi connectivity index (χ1v) is 13.0. The number of amides is 1. The largest absolute Gasteiger partial charge is 0.416 e. The zero-order valence-electron chi connectivity index (χ0n) is 20.7. The van der Waals surface area contributed by atoms with E-state index in [1.54, 1.807) is 0 Å². The maximum Gasteiger partial charge on any atom is 0.416 e. The summed E-state index contributed by atoms with van der Waals surface area (Å²) in [7, 11) is 0. The first kappa shape index (κ1) is 28.1. The SMILES string of the molecule is O=C(CCCCC[C@@H](F)CF)Nc1ccc(CCc2ccc(C(F)(F)F)cc2)cc1C1CCCCC1. The van der Waals surface area contributed by atoms with Crippen LogP contribution in [0.25, 0.3) is 0 Å². The molecule has 0 aromatic heterocycles. The van der Waals surface area contributed by atoms with Gasteiger partial charge in [-0.25, -0.2) is 8.78 Å². The van der Waals surface area contributed by atoms with Crippen LogP contribution >= 0.6 is 0 Å². The molecule has 2 aromatic carbocycles. The number of halogens is 5. The molecule has 2 aromatic rings. The molecule has 1 aliphatic rings. The molecule has 0 bridgehead atoms. The fourth-order valence-electron chi connectivity index (χ4n) is 4.90. The van der Waals surface area contributed by atoms with Crippen LogP contribution in [0.1, 0.15) is 92.4 Å². The molecule has 1 atom stereocenters. The van der Waals surface area contributed by atoms with Gasteiger partial charge in [0, 0.05) is 12.1 Å². The average Bonchev–Trinajstić information content (AvgIpc) is 2.88. The van der Waals surface area contributed by atoms with Gasteiger partial charge >= 0.3 is 6.18 Å². The molecule has 2 nitrogen and oxygen atoms in total. The highest BCUT2D eigenvalue weighted by Gasteiger charge is 2.29. The lowest BCUT2D eigenvalue weighted by Crippen LogP contribution is -2.15. The molecule has 3 rings (SSSR count). The van der Waals surface area contributed by atoms with Crippen molar-refractivity contribution in [1.29, 1.82) is 0 Å². The Hall–Kier alpha value is -2.44. The van der Waals surface area contributed by atoms with E-state index in [0.29, 0.717) is 44.4 Å². The highest BCUT2D eigenvalue weighted by molar-refractivity contribution is 5.91. The Bertz CT molecular complexity index is 951. The minimum atomic E-state index is -4.33. The summed E-state index contributed by atoms with van der Waals surface area (Å²) in [5.74, 6) is 0.300.